The number of carbonyl (C=O) groups is 1. The molecular weight excluding hydrogens is 212 g/mol. The predicted octanol–water partition coefficient (Wildman–Crippen LogP) is 0.263. The lowest BCUT2D eigenvalue weighted by Gasteiger charge is -2.16. The van der Waals surface area contributed by atoms with Crippen molar-refractivity contribution in [3.63, 3.8) is 0 Å². The van der Waals surface area contributed by atoms with Crippen molar-refractivity contribution < 1.29 is 24.5 Å². The van der Waals surface area contributed by atoms with Crippen molar-refractivity contribution in [2.75, 3.05) is 14.2 Å². The SMILES string of the molecule is COC(=O)[C@H](O)[C@@H](O)c1ccc(OC)cc1. The maximum absolute atomic E-state index is 11.0. The van der Waals surface area contributed by atoms with Crippen molar-refractivity contribution in [1.29, 1.82) is 0 Å². The monoisotopic (exact) mass is 226 g/mol. The van der Waals surface area contributed by atoms with Gasteiger partial charge < -0.3 is 19.7 Å². The van der Waals surface area contributed by atoms with E-state index in [2.05, 4.69) is 4.74 Å². The van der Waals surface area contributed by atoms with Crippen LogP contribution in [0.2, 0.25) is 0 Å². The molecule has 5 heteroatoms. The third-order valence-electron chi connectivity index (χ3n) is 2.20. The normalized spacial score (nSPS) is 14.0. The van der Waals surface area contributed by atoms with Gasteiger partial charge in [-0.1, -0.05) is 12.1 Å². The third-order valence-corrected chi connectivity index (χ3v) is 2.20. The van der Waals surface area contributed by atoms with E-state index in [-0.39, 0.29) is 0 Å². The van der Waals surface area contributed by atoms with Gasteiger partial charge in [-0.05, 0) is 17.7 Å². The van der Waals surface area contributed by atoms with E-state index in [1.807, 2.05) is 0 Å². The standard InChI is InChI=1S/C11H14O5/c1-15-8-5-3-7(4-6-8)9(12)10(13)11(14)16-2/h3-6,9-10,12-13H,1-2H3/t9-,10+/m0/s1. The van der Waals surface area contributed by atoms with Gasteiger partial charge in [0.15, 0.2) is 6.10 Å². The van der Waals surface area contributed by atoms with Crippen molar-refractivity contribution in [1.82, 2.24) is 0 Å². The number of ether oxygens (including phenoxy) is 2. The summed E-state index contributed by atoms with van der Waals surface area (Å²) in [6.07, 6.45) is -2.89. The maximum Gasteiger partial charge on any atom is 0.337 e. The molecule has 0 saturated carbocycles. The summed E-state index contributed by atoms with van der Waals surface area (Å²) in [5, 5.41) is 19.1. The Bertz CT molecular complexity index is 346. The predicted molar refractivity (Wildman–Crippen MR) is 56.0 cm³/mol. The van der Waals surface area contributed by atoms with Crippen molar-refractivity contribution in [2.24, 2.45) is 0 Å². The second kappa shape index (κ2) is 5.48. The van der Waals surface area contributed by atoms with E-state index in [1.54, 1.807) is 24.3 Å². The fraction of sp³-hybridized carbons (Fsp3) is 0.364. The molecule has 0 aliphatic carbocycles. The number of benzene rings is 1. The van der Waals surface area contributed by atoms with Gasteiger partial charge in [0.1, 0.15) is 11.9 Å². The van der Waals surface area contributed by atoms with Crippen LogP contribution in [-0.4, -0.2) is 36.5 Å². The molecule has 0 aromatic heterocycles. The van der Waals surface area contributed by atoms with E-state index >= 15 is 0 Å². The summed E-state index contributed by atoms with van der Waals surface area (Å²) in [7, 11) is 2.67. The van der Waals surface area contributed by atoms with Gasteiger partial charge in [0.25, 0.3) is 0 Å². The first-order chi connectivity index (χ1) is 7.60. The van der Waals surface area contributed by atoms with Gasteiger partial charge in [-0.2, -0.15) is 0 Å². The lowest BCUT2D eigenvalue weighted by atomic mass is 10.0. The average Bonchev–Trinajstić information content (AvgIpc) is 2.36. The second-order valence-electron chi connectivity index (χ2n) is 3.19. The molecular formula is C11H14O5. The minimum Gasteiger partial charge on any atom is -0.497 e. The molecule has 0 spiro atoms. The first-order valence-corrected chi connectivity index (χ1v) is 4.68. The Kier molecular flexibility index (Phi) is 4.28. The average molecular weight is 226 g/mol. The van der Waals surface area contributed by atoms with Gasteiger partial charge in [0.2, 0.25) is 0 Å². The Labute approximate surface area is 93.2 Å². The molecule has 0 radical (unpaired) electrons. The summed E-state index contributed by atoms with van der Waals surface area (Å²) in [6, 6.07) is 6.39. The third kappa shape index (κ3) is 2.71. The largest absolute Gasteiger partial charge is 0.497 e. The van der Waals surface area contributed by atoms with E-state index in [0.29, 0.717) is 11.3 Å². The number of methoxy groups -OCH3 is 2. The molecule has 1 rings (SSSR count). The minimum absolute atomic E-state index is 0.415. The number of rotatable bonds is 4. The summed E-state index contributed by atoms with van der Waals surface area (Å²) in [4.78, 5) is 11.0. The first kappa shape index (κ1) is 12.5. The molecule has 0 aliphatic rings. The van der Waals surface area contributed by atoms with Gasteiger partial charge >= 0.3 is 5.97 Å². The summed E-state index contributed by atoms with van der Waals surface area (Å²) in [5.74, 6) is -0.244. The Morgan fingerprint density at radius 3 is 2.19 bits per heavy atom. The van der Waals surface area contributed by atoms with Crippen molar-refractivity contribution in [2.45, 2.75) is 12.2 Å². The number of aliphatic hydroxyl groups is 2. The molecule has 2 atom stereocenters. The number of carbonyl (C=O) groups excluding carboxylic acids is 1. The molecule has 0 heterocycles. The molecule has 16 heavy (non-hydrogen) atoms. The number of esters is 1. The lowest BCUT2D eigenvalue weighted by molar-refractivity contribution is -0.156. The second-order valence-corrected chi connectivity index (χ2v) is 3.19. The van der Waals surface area contributed by atoms with Crippen LogP contribution in [0.5, 0.6) is 5.75 Å². The Balaban J connectivity index is 2.79. The van der Waals surface area contributed by atoms with Gasteiger partial charge in [-0.15, -0.1) is 0 Å². The van der Waals surface area contributed by atoms with E-state index in [9.17, 15) is 15.0 Å². The minimum atomic E-state index is -1.58. The zero-order valence-corrected chi connectivity index (χ0v) is 9.08. The highest BCUT2D eigenvalue weighted by molar-refractivity contribution is 5.75. The molecule has 0 saturated heterocycles. The smallest absolute Gasteiger partial charge is 0.337 e. The van der Waals surface area contributed by atoms with Crippen LogP contribution in [0, 0.1) is 0 Å². The van der Waals surface area contributed by atoms with Crippen LogP contribution < -0.4 is 4.74 Å². The molecule has 5 nitrogen and oxygen atoms in total. The van der Waals surface area contributed by atoms with E-state index in [1.165, 1.54) is 7.11 Å². The molecule has 0 amide bonds. The van der Waals surface area contributed by atoms with Crippen LogP contribution in [0.4, 0.5) is 0 Å². The molecule has 0 bridgehead atoms. The Hall–Kier alpha value is -1.59. The summed E-state index contributed by atoms with van der Waals surface area (Å²) < 4.78 is 9.27. The molecule has 0 aliphatic heterocycles. The van der Waals surface area contributed by atoms with Crippen molar-refractivity contribution >= 4 is 5.97 Å². The highest BCUT2D eigenvalue weighted by atomic mass is 16.5. The Morgan fingerprint density at radius 2 is 1.75 bits per heavy atom. The fourth-order valence-corrected chi connectivity index (χ4v) is 1.23. The summed E-state index contributed by atoms with van der Waals surface area (Å²) in [6.45, 7) is 0. The fourth-order valence-electron chi connectivity index (χ4n) is 1.23. The van der Waals surface area contributed by atoms with Crippen LogP contribution in [-0.2, 0) is 9.53 Å². The zero-order valence-electron chi connectivity index (χ0n) is 9.08. The number of aliphatic hydroxyl groups excluding tert-OH is 2. The number of hydrogen-bond acceptors (Lipinski definition) is 5. The molecule has 1 aromatic carbocycles. The van der Waals surface area contributed by atoms with Crippen molar-refractivity contribution in [3.05, 3.63) is 29.8 Å². The summed E-state index contributed by atoms with van der Waals surface area (Å²) in [5.41, 5.74) is 0.415. The van der Waals surface area contributed by atoms with E-state index in [0.717, 1.165) is 7.11 Å². The van der Waals surface area contributed by atoms with Crippen LogP contribution in [0.1, 0.15) is 11.7 Å². The number of hydrogen-bond donors (Lipinski definition) is 2. The topological polar surface area (TPSA) is 76.0 Å². The molecule has 88 valence electrons. The van der Waals surface area contributed by atoms with Gasteiger partial charge in [-0.25, -0.2) is 4.79 Å². The highest BCUT2D eigenvalue weighted by Gasteiger charge is 2.26. The highest BCUT2D eigenvalue weighted by Crippen LogP contribution is 2.20. The maximum atomic E-state index is 11.0. The molecule has 2 N–H and O–H groups in total. The molecule has 1 aromatic rings. The van der Waals surface area contributed by atoms with Gasteiger partial charge in [0, 0.05) is 0 Å². The van der Waals surface area contributed by atoms with Crippen LogP contribution >= 0.6 is 0 Å². The van der Waals surface area contributed by atoms with E-state index < -0.39 is 18.2 Å². The quantitative estimate of drug-likeness (QED) is 0.720. The first-order valence-electron chi connectivity index (χ1n) is 4.68. The van der Waals surface area contributed by atoms with E-state index in [4.69, 9.17) is 4.74 Å². The van der Waals surface area contributed by atoms with Crippen LogP contribution in [0.3, 0.4) is 0 Å². The Morgan fingerprint density at radius 1 is 1.19 bits per heavy atom. The van der Waals surface area contributed by atoms with Crippen LogP contribution in [0.15, 0.2) is 24.3 Å². The van der Waals surface area contributed by atoms with Crippen molar-refractivity contribution in [3.8, 4) is 5.75 Å². The summed E-state index contributed by atoms with van der Waals surface area (Å²) >= 11 is 0. The lowest BCUT2D eigenvalue weighted by Crippen LogP contribution is -2.28. The van der Waals surface area contributed by atoms with Gasteiger partial charge in [0.05, 0.1) is 14.2 Å². The molecule has 0 fully saturated rings. The van der Waals surface area contributed by atoms with Crippen LogP contribution in [0.25, 0.3) is 0 Å². The van der Waals surface area contributed by atoms with Gasteiger partial charge in [-0.3, -0.25) is 0 Å². The molecule has 0 unspecified atom stereocenters. The zero-order chi connectivity index (χ0) is 12.1.